The van der Waals surface area contributed by atoms with Crippen LogP contribution in [0.2, 0.25) is 0 Å². The average Bonchev–Trinajstić information content (AvgIpc) is 2.24. The van der Waals surface area contributed by atoms with Gasteiger partial charge < -0.3 is 26.8 Å². The summed E-state index contributed by atoms with van der Waals surface area (Å²) in [6, 6.07) is -0.329. The van der Waals surface area contributed by atoms with E-state index in [2.05, 4.69) is 26.1 Å². The molecule has 0 aliphatic carbocycles. The van der Waals surface area contributed by atoms with Crippen LogP contribution in [0.5, 0.6) is 0 Å². The van der Waals surface area contributed by atoms with Crippen LogP contribution in [0.3, 0.4) is 0 Å². The van der Waals surface area contributed by atoms with E-state index in [4.69, 9.17) is 9.47 Å². The summed E-state index contributed by atoms with van der Waals surface area (Å²) >= 11 is 0. The van der Waals surface area contributed by atoms with Crippen LogP contribution in [0.15, 0.2) is 0 Å². The number of aliphatic hydroxyl groups excluding tert-OH is 1. The summed E-state index contributed by atoms with van der Waals surface area (Å²) in [4.78, 5) is 11.3. The summed E-state index contributed by atoms with van der Waals surface area (Å²) in [5.74, 6) is 0.345. The molecule has 1 rings (SSSR count). The maximum Gasteiger partial charge on any atom is 0.404 e. The number of amides is 1. The van der Waals surface area contributed by atoms with Crippen LogP contribution in [0, 0.1) is 12.8 Å². The SMILES string of the molecule is [CH2-]COC(=O)NC1CC(C(C)C)OC(C)C1O.[Co]. The first-order valence-electron chi connectivity index (χ1n) is 6.01. The van der Waals surface area contributed by atoms with Gasteiger partial charge in [0.1, 0.15) is 6.10 Å². The smallest absolute Gasteiger partial charge is 0.404 e. The predicted octanol–water partition coefficient (Wildman–Crippen LogP) is 1.11. The van der Waals surface area contributed by atoms with E-state index in [1.807, 2.05) is 0 Å². The molecular formula is C12H22CoNO4-. The quantitative estimate of drug-likeness (QED) is 0.766. The monoisotopic (exact) mass is 303 g/mol. The molecule has 4 atom stereocenters. The molecular weight excluding hydrogens is 281 g/mol. The van der Waals surface area contributed by atoms with Crippen molar-refractivity contribution in [1.29, 1.82) is 0 Å². The van der Waals surface area contributed by atoms with Crippen LogP contribution in [0.1, 0.15) is 27.2 Å². The molecule has 0 spiro atoms. The van der Waals surface area contributed by atoms with Crippen LogP contribution >= 0.6 is 0 Å². The van der Waals surface area contributed by atoms with Crippen molar-refractivity contribution in [1.82, 2.24) is 5.32 Å². The maximum atomic E-state index is 11.3. The molecule has 1 aliphatic rings. The first-order chi connectivity index (χ1) is 7.95. The first-order valence-corrected chi connectivity index (χ1v) is 6.01. The van der Waals surface area contributed by atoms with Crippen molar-refractivity contribution in [2.75, 3.05) is 6.61 Å². The molecule has 0 aromatic rings. The van der Waals surface area contributed by atoms with Gasteiger partial charge in [0.2, 0.25) is 0 Å². The van der Waals surface area contributed by atoms with E-state index < -0.39 is 12.2 Å². The third kappa shape index (κ3) is 4.76. The molecule has 1 amide bonds. The van der Waals surface area contributed by atoms with Gasteiger partial charge in [0.15, 0.2) is 0 Å². The van der Waals surface area contributed by atoms with Crippen molar-refractivity contribution >= 4 is 6.09 Å². The molecule has 0 bridgehead atoms. The Morgan fingerprint density at radius 3 is 2.72 bits per heavy atom. The molecule has 1 heterocycles. The predicted molar refractivity (Wildman–Crippen MR) is 63.4 cm³/mol. The summed E-state index contributed by atoms with van der Waals surface area (Å²) in [7, 11) is 0. The number of hydrogen-bond acceptors (Lipinski definition) is 4. The topological polar surface area (TPSA) is 67.8 Å². The minimum Gasteiger partial charge on any atom is -0.483 e. The van der Waals surface area contributed by atoms with Gasteiger partial charge >= 0.3 is 6.09 Å². The second kappa shape index (κ2) is 7.99. The second-order valence-electron chi connectivity index (χ2n) is 4.74. The van der Waals surface area contributed by atoms with Gasteiger partial charge in [0.25, 0.3) is 0 Å². The fourth-order valence-electron chi connectivity index (χ4n) is 1.99. The molecule has 4 unspecified atom stereocenters. The Hall–Kier alpha value is -0.304. The summed E-state index contributed by atoms with van der Waals surface area (Å²) in [6.45, 7) is 9.42. The van der Waals surface area contributed by atoms with E-state index in [1.54, 1.807) is 6.92 Å². The van der Waals surface area contributed by atoms with E-state index in [0.29, 0.717) is 12.3 Å². The van der Waals surface area contributed by atoms with E-state index in [-0.39, 0.29) is 41.6 Å². The average molecular weight is 303 g/mol. The third-order valence-corrected chi connectivity index (χ3v) is 3.05. The van der Waals surface area contributed by atoms with Gasteiger partial charge in [-0.25, -0.2) is 4.79 Å². The summed E-state index contributed by atoms with van der Waals surface area (Å²) in [5, 5.41) is 12.6. The maximum absolute atomic E-state index is 11.3. The number of ether oxygens (including phenoxy) is 2. The standard InChI is InChI=1S/C12H22NO4.Co/c1-5-16-12(15)13-9-6-10(7(2)3)17-8(4)11(9)14;/h7-11,14H,1,5-6H2,2-4H3,(H,13,15);/q-1;. The molecule has 0 aromatic carbocycles. The fourth-order valence-corrected chi connectivity index (χ4v) is 1.99. The van der Waals surface area contributed by atoms with Gasteiger partial charge in [-0.15, -0.1) is 0 Å². The van der Waals surface area contributed by atoms with Crippen LogP contribution in [0.25, 0.3) is 0 Å². The van der Waals surface area contributed by atoms with Crippen molar-refractivity contribution in [2.45, 2.75) is 51.5 Å². The molecule has 2 N–H and O–H groups in total. The number of rotatable bonds is 3. The van der Waals surface area contributed by atoms with Gasteiger partial charge in [-0.2, -0.15) is 0 Å². The van der Waals surface area contributed by atoms with Gasteiger partial charge in [-0.3, -0.25) is 0 Å². The van der Waals surface area contributed by atoms with Gasteiger partial charge in [0.05, 0.1) is 18.2 Å². The van der Waals surface area contributed by atoms with Gasteiger partial charge in [0, 0.05) is 16.8 Å². The Bertz CT molecular complexity index is 262. The fraction of sp³-hybridized carbons (Fsp3) is 0.833. The number of carbonyl (C=O) groups is 1. The van der Waals surface area contributed by atoms with Crippen LogP contribution < -0.4 is 5.32 Å². The molecule has 1 saturated heterocycles. The molecule has 5 nitrogen and oxygen atoms in total. The van der Waals surface area contributed by atoms with Crippen LogP contribution in [-0.2, 0) is 26.3 Å². The van der Waals surface area contributed by atoms with E-state index in [1.165, 1.54) is 0 Å². The Balaban J connectivity index is 0.00000289. The number of carbonyl (C=O) groups excluding carboxylic acids is 1. The third-order valence-electron chi connectivity index (χ3n) is 3.05. The van der Waals surface area contributed by atoms with E-state index in [0.717, 1.165) is 0 Å². The number of hydrogen-bond donors (Lipinski definition) is 2. The minimum absolute atomic E-state index is 0. The van der Waals surface area contributed by atoms with E-state index in [9.17, 15) is 9.90 Å². The molecule has 109 valence electrons. The van der Waals surface area contributed by atoms with Crippen molar-refractivity contribution in [2.24, 2.45) is 5.92 Å². The first kappa shape index (κ1) is 17.7. The van der Waals surface area contributed by atoms with Crippen molar-refractivity contribution < 1.29 is 36.2 Å². The van der Waals surface area contributed by atoms with Crippen molar-refractivity contribution in [3.8, 4) is 0 Å². The normalized spacial score (nSPS) is 31.7. The number of nitrogens with one attached hydrogen (secondary N) is 1. The minimum atomic E-state index is -0.706. The Morgan fingerprint density at radius 2 is 2.22 bits per heavy atom. The molecule has 6 heteroatoms. The van der Waals surface area contributed by atoms with Gasteiger partial charge in [-0.1, -0.05) is 13.8 Å². The number of alkyl carbamates (subject to hydrolysis) is 1. The zero-order valence-electron chi connectivity index (χ0n) is 11.0. The zero-order valence-corrected chi connectivity index (χ0v) is 12.1. The van der Waals surface area contributed by atoms with Gasteiger partial charge in [-0.05, 0) is 25.9 Å². The summed E-state index contributed by atoms with van der Waals surface area (Å²) in [5.41, 5.74) is 0. The van der Waals surface area contributed by atoms with Crippen LogP contribution in [-0.4, -0.2) is 42.2 Å². The largest absolute Gasteiger partial charge is 0.483 e. The number of aliphatic hydroxyl groups is 1. The molecule has 1 radical (unpaired) electrons. The van der Waals surface area contributed by atoms with E-state index >= 15 is 0 Å². The second-order valence-corrected chi connectivity index (χ2v) is 4.74. The Labute approximate surface area is 119 Å². The zero-order chi connectivity index (χ0) is 13.0. The Kier molecular flexibility index (Phi) is 7.85. The summed E-state index contributed by atoms with van der Waals surface area (Å²) in [6.07, 6.45) is -0.905. The Morgan fingerprint density at radius 1 is 1.61 bits per heavy atom. The molecule has 1 fully saturated rings. The molecule has 0 aromatic heterocycles. The van der Waals surface area contributed by atoms with Crippen molar-refractivity contribution in [3.63, 3.8) is 0 Å². The van der Waals surface area contributed by atoms with Crippen molar-refractivity contribution in [3.05, 3.63) is 6.92 Å². The molecule has 0 saturated carbocycles. The molecule has 1 aliphatic heterocycles. The molecule has 18 heavy (non-hydrogen) atoms. The van der Waals surface area contributed by atoms with Crippen LogP contribution in [0.4, 0.5) is 4.79 Å². The summed E-state index contributed by atoms with van der Waals surface area (Å²) < 4.78 is 10.4.